The molecular weight excluding hydrogens is 207 g/mol. The Morgan fingerprint density at radius 1 is 1.57 bits per heavy atom. The Morgan fingerprint density at radius 2 is 2.29 bits per heavy atom. The molecular formula is C10H12ClFO2. The van der Waals surface area contributed by atoms with Crippen LogP contribution in [0.5, 0.6) is 5.75 Å². The zero-order valence-electron chi connectivity index (χ0n) is 7.84. The molecule has 0 saturated carbocycles. The first-order chi connectivity index (χ1) is 6.65. The van der Waals surface area contributed by atoms with Crippen molar-refractivity contribution in [2.24, 2.45) is 0 Å². The largest absolute Gasteiger partial charge is 0.488 e. The molecule has 1 N–H and O–H groups in total. The summed E-state index contributed by atoms with van der Waals surface area (Å²) in [4.78, 5) is 0. The maximum atomic E-state index is 13.2. The van der Waals surface area contributed by atoms with E-state index >= 15 is 0 Å². The quantitative estimate of drug-likeness (QED) is 0.842. The van der Waals surface area contributed by atoms with E-state index in [4.69, 9.17) is 16.3 Å². The Bertz CT molecular complexity index is 304. The molecule has 4 heteroatoms. The highest BCUT2D eigenvalue weighted by molar-refractivity contribution is 6.30. The maximum absolute atomic E-state index is 13.2. The van der Waals surface area contributed by atoms with Crippen LogP contribution in [-0.2, 0) is 0 Å². The van der Waals surface area contributed by atoms with E-state index in [2.05, 4.69) is 0 Å². The van der Waals surface area contributed by atoms with E-state index in [0.717, 1.165) is 0 Å². The highest BCUT2D eigenvalue weighted by atomic mass is 35.5. The summed E-state index contributed by atoms with van der Waals surface area (Å²) in [5.41, 5.74) is 0. The number of halogens is 2. The Balaban J connectivity index is 2.63. The smallest absolute Gasteiger partial charge is 0.183 e. The fourth-order valence-corrected chi connectivity index (χ4v) is 1.07. The Kier molecular flexibility index (Phi) is 4.17. The normalized spacial score (nSPS) is 12.6. The van der Waals surface area contributed by atoms with Crippen LogP contribution in [0.1, 0.15) is 13.3 Å². The molecule has 14 heavy (non-hydrogen) atoms. The lowest BCUT2D eigenvalue weighted by molar-refractivity contribution is 0.102. The van der Waals surface area contributed by atoms with Crippen molar-refractivity contribution in [1.29, 1.82) is 0 Å². The molecule has 1 aromatic rings. The first-order valence-electron chi connectivity index (χ1n) is 4.40. The molecule has 1 rings (SSSR count). The van der Waals surface area contributed by atoms with E-state index in [0.29, 0.717) is 6.42 Å². The van der Waals surface area contributed by atoms with Gasteiger partial charge < -0.3 is 9.84 Å². The van der Waals surface area contributed by atoms with Crippen molar-refractivity contribution in [3.63, 3.8) is 0 Å². The van der Waals surface area contributed by atoms with Crippen LogP contribution in [0.3, 0.4) is 0 Å². The predicted molar refractivity (Wildman–Crippen MR) is 53.2 cm³/mol. The molecule has 0 aromatic heterocycles. The molecule has 1 aromatic carbocycles. The summed E-state index contributed by atoms with van der Waals surface area (Å²) in [6.07, 6.45) is -0.00396. The molecule has 0 bridgehead atoms. The highest BCUT2D eigenvalue weighted by Gasteiger charge is 2.08. The van der Waals surface area contributed by atoms with Gasteiger partial charge in [0, 0.05) is 0 Å². The molecule has 0 spiro atoms. The summed E-state index contributed by atoms with van der Waals surface area (Å²) in [7, 11) is 0. The lowest BCUT2D eigenvalue weighted by atomic mass is 10.3. The van der Waals surface area contributed by atoms with Gasteiger partial charge in [0.25, 0.3) is 0 Å². The lowest BCUT2D eigenvalue weighted by Gasteiger charge is -2.10. The SMILES string of the molecule is CCC(O)COc1cccc(Cl)c1F. The molecule has 0 amide bonds. The van der Waals surface area contributed by atoms with Crippen LogP contribution in [0.4, 0.5) is 4.39 Å². The number of aliphatic hydroxyl groups excluding tert-OH is 1. The van der Waals surface area contributed by atoms with Crippen molar-refractivity contribution in [3.8, 4) is 5.75 Å². The zero-order valence-corrected chi connectivity index (χ0v) is 8.59. The third-order valence-corrected chi connectivity index (χ3v) is 2.11. The van der Waals surface area contributed by atoms with Crippen LogP contribution in [0.25, 0.3) is 0 Å². The molecule has 78 valence electrons. The zero-order chi connectivity index (χ0) is 10.6. The summed E-state index contributed by atoms with van der Waals surface area (Å²) >= 11 is 5.55. The Labute approximate surface area is 87.3 Å². The molecule has 0 radical (unpaired) electrons. The van der Waals surface area contributed by atoms with Crippen molar-refractivity contribution in [3.05, 3.63) is 29.0 Å². The second kappa shape index (κ2) is 5.17. The average Bonchev–Trinajstić information content (AvgIpc) is 2.20. The van der Waals surface area contributed by atoms with Crippen molar-refractivity contribution < 1.29 is 14.2 Å². The standard InChI is InChI=1S/C10H12ClFO2/c1-2-7(13)6-14-9-5-3-4-8(11)10(9)12/h3-5,7,13H,2,6H2,1H3. The molecule has 2 nitrogen and oxygen atoms in total. The molecule has 0 fully saturated rings. The van der Waals surface area contributed by atoms with Gasteiger partial charge in [0.15, 0.2) is 11.6 Å². The van der Waals surface area contributed by atoms with Crippen LogP contribution in [-0.4, -0.2) is 17.8 Å². The first kappa shape index (κ1) is 11.3. The van der Waals surface area contributed by atoms with Gasteiger partial charge in [-0.1, -0.05) is 24.6 Å². The summed E-state index contributed by atoms with van der Waals surface area (Å²) in [6.45, 7) is 1.90. The van der Waals surface area contributed by atoms with E-state index in [1.54, 1.807) is 6.07 Å². The van der Waals surface area contributed by atoms with Gasteiger partial charge in [-0.3, -0.25) is 0 Å². The molecule has 0 aliphatic heterocycles. The van der Waals surface area contributed by atoms with Crippen LogP contribution in [0.15, 0.2) is 18.2 Å². The second-order valence-corrected chi connectivity index (χ2v) is 3.33. The topological polar surface area (TPSA) is 29.5 Å². The summed E-state index contributed by atoms with van der Waals surface area (Å²) < 4.78 is 18.3. The van der Waals surface area contributed by atoms with Gasteiger partial charge in [0.1, 0.15) is 6.61 Å². The monoisotopic (exact) mass is 218 g/mol. The number of rotatable bonds is 4. The first-order valence-corrected chi connectivity index (χ1v) is 4.77. The number of benzene rings is 1. The minimum Gasteiger partial charge on any atom is -0.488 e. The minimum absolute atomic E-state index is 0.0217. The highest BCUT2D eigenvalue weighted by Crippen LogP contribution is 2.24. The van der Waals surface area contributed by atoms with E-state index < -0.39 is 11.9 Å². The fraction of sp³-hybridized carbons (Fsp3) is 0.400. The summed E-state index contributed by atoms with van der Waals surface area (Å²) in [5.74, 6) is -0.512. The van der Waals surface area contributed by atoms with Crippen LogP contribution < -0.4 is 4.74 Å². The van der Waals surface area contributed by atoms with Gasteiger partial charge in [-0.15, -0.1) is 0 Å². The average molecular weight is 219 g/mol. The van der Waals surface area contributed by atoms with Gasteiger partial charge in [0.05, 0.1) is 11.1 Å². The number of hydrogen-bond acceptors (Lipinski definition) is 2. The van der Waals surface area contributed by atoms with Gasteiger partial charge in [0.2, 0.25) is 0 Å². The van der Waals surface area contributed by atoms with Crippen molar-refractivity contribution >= 4 is 11.6 Å². The van der Waals surface area contributed by atoms with Crippen LogP contribution in [0, 0.1) is 5.82 Å². The van der Waals surface area contributed by atoms with Crippen LogP contribution >= 0.6 is 11.6 Å². The molecule has 0 aliphatic carbocycles. The van der Waals surface area contributed by atoms with Gasteiger partial charge in [-0.05, 0) is 18.6 Å². The van der Waals surface area contributed by atoms with Gasteiger partial charge >= 0.3 is 0 Å². The molecule has 0 saturated heterocycles. The molecule has 0 aliphatic rings. The Morgan fingerprint density at radius 3 is 2.93 bits per heavy atom. The van der Waals surface area contributed by atoms with Gasteiger partial charge in [-0.2, -0.15) is 0 Å². The summed E-state index contributed by atoms with van der Waals surface area (Å²) in [6, 6.07) is 4.52. The van der Waals surface area contributed by atoms with E-state index in [9.17, 15) is 9.50 Å². The van der Waals surface area contributed by atoms with Crippen molar-refractivity contribution in [1.82, 2.24) is 0 Å². The van der Waals surface area contributed by atoms with E-state index in [1.165, 1.54) is 12.1 Å². The predicted octanol–water partition coefficient (Wildman–Crippen LogP) is 2.63. The van der Waals surface area contributed by atoms with Crippen molar-refractivity contribution in [2.75, 3.05) is 6.61 Å². The van der Waals surface area contributed by atoms with Crippen LogP contribution in [0.2, 0.25) is 5.02 Å². The van der Waals surface area contributed by atoms with E-state index in [-0.39, 0.29) is 17.4 Å². The molecule has 1 unspecified atom stereocenters. The maximum Gasteiger partial charge on any atom is 0.183 e. The summed E-state index contributed by atoms with van der Waals surface area (Å²) in [5, 5.41) is 9.22. The Hall–Kier alpha value is -0.800. The van der Waals surface area contributed by atoms with Crippen molar-refractivity contribution in [2.45, 2.75) is 19.4 Å². The third kappa shape index (κ3) is 2.86. The number of hydrogen-bond donors (Lipinski definition) is 1. The number of ether oxygens (including phenoxy) is 1. The fourth-order valence-electron chi connectivity index (χ4n) is 0.899. The number of aliphatic hydroxyl groups is 1. The second-order valence-electron chi connectivity index (χ2n) is 2.93. The lowest BCUT2D eigenvalue weighted by Crippen LogP contribution is -2.16. The third-order valence-electron chi connectivity index (χ3n) is 1.82. The van der Waals surface area contributed by atoms with E-state index in [1.807, 2.05) is 6.92 Å². The molecule has 1 atom stereocenters. The minimum atomic E-state index is -0.586. The van der Waals surface area contributed by atoms with Gasteiger partial charge in [-0.25, -0.2) is 4.39 Å². The molecule has 0 heterocycles.